The fourth-order valence-electron chi connectivity index (χ4n) is 0.989. The molecule has 2 N–H and O–H groups in total. The second-order valence-corrected chi connectivity index (χ2v) is 7.96. The van der Waals surface area contributed by atoms with Crippen molar-refractivity contribution in [2.24, 2.45) is 0 Å². The summed E-state index contributed by atoms with van der Waals surface area (Å²) >= 11 is 9.10. The standard InChI is InChI=1S/C8H15N2O4S4/c1-2-17(11,12)10-8(16)5-3-4-6-18(13,14)9-7-15/h2-6H2,1H3,(H,9,15)(H,10,16). The van der Waals surface area contributed by atoms with Crippen molar-refractivity contribution in [3.05, 3.63) is 0 Å². The summed E-state index contributed by atoms with van der Waals surface area (Å²) in [5.41, 5.74) is 1.92. The fraction of sp³-hybridized carbons (Fsp3) is 0.750. The zero-order chi connectivity index (χ0) is 14.2. The number of unbranched alkanes of at least 4 members (excludes halogenated alkanes) is 1. The Bertz CT molecular complexity index is 483. The first-order chi connectivity index (χ1) is 8.22. The lowest BCUT2D eigenvalue weighted by Crippen LogP contribution is -2.30. The Hall–Kier alpha value is -0.320. The van der Waals surface area contributed by atoms with Crippen molar-refractivity contribution in [1.29, 1.82) is 0 Å². The van der Waals surface area contributed by atoms with E-state index in [0.29, 0.717) is 19.3 Å². The Labute approximate surface area is 119 Å². The zero-order valence-electron chi connectivity index (χ0n) is 9.80. The summed E-state index contributed by atoms with van der Waals surface area (Å²) in [7, 11) is -6.76. The first-order valence-corrected chi connectivity index (χ1v) is 9.24. The third-order valence-corrected chi connectivity index (χ3v) is 5.14. The van der Waals surface area contributed by atoms with E-state index < -0.39 is 20.0 Å². The van der Waals surface area contributed by atoms with Crippen LogP contribution in [0.1, 0.15) is 26.2 Å². The smallest absolute Gasteiger partial charge is 0.233 e. The van der Waals surface area contributed by atoms with Crippen molar-refractivity contribution in [3.63, 3.8) is 0 Å². The van der Waals surface area contributed by atoms with Gasteiger partial charge in [-0.15, -0.1) is 0 Å². The van der Waals surface area contributed by atoms with Gasteiger partial charge >= 0.3 is 0 Å². The molecule has 0 spiro atoms. The van der Waals surface area contributed by atoms with Gasteiger partial charge in [0, 0.05) is 0 Å². The van der Waals surface area contributed by atoms with Crippen LogP contribution >= 0.6 is 24.4 Å². The van der Waals surface area contributed by atoms with Gasteiger partial charge in [-0.1, -0.05) is 24.4 Å². The molecule has 0 aromatic carbocycles. The Kier molecular flexibility index (Phi) is 7.83. The quantitative estimate of drug-likeness (QED) is 0.356. The number of hydrogen-bond acceptors (Lipinski definition) is 6. The van der Waals surface area contributed by atoms with Gasteiger partial charge in [-0.25, -0.2) is 16.8 Å². The van der Waals surface area contributed by atoms with Gasteiger partial charge < -0.3 is 0 Å². The first kappa shape index (κ1) is 17.7. The summed E-state index contributed by atoms with van der Waals surface area (Å²) in [5.74, 6) is -0.143. The van der Waals surface area contributed by atoms with E-state index in [2.05, 4.69) is 16.9 Å². The molecule has 0 saturated heterocycles. The summed E-state index contributed by atoms with van der Waals surface area (Å²) in [6.07, 6.45) is 1.16. The lowest BCUT2D eigenvalue weighted by molar-refractivity contribution is 0.587. The third-order valence-electron chi connectivity index (χ3n) is 1.91. The number of thiocarbonyl (C=S) groups is 2. The molecule has 105 valence electrons. The first-order valence-electron chi connectivity index (χ1n) is 5.12. The molecule has 0 unspecified atom stereocenters. The molecular formula is C8H15N2O4S4. The lowest BCUT2D eigenvalue weighted by atomic mass is 10.2. The Morgan fingerprint density at radius 1 is 1.17 bits per heavy atom. The number of rotatable bonds is 9. The predicted octanol–water partition coefficient (Wildman–Crippen LogP) is 0.177. The maximum Gasteiger partial charge on any atom is 0.233 e. The van der Waals surface area contributed by atoms with Crippen molar-refractivity contribution < 1.29 is 16.8 Å². The molecule has 0 aliphatic rings. The molecule has 18 heavy (non-hydrogen) atoms. The molecule has 1 radical (unpaired) electrons. The Morgan fingerprint density at radius 3 is 2.28 bits per heavy atom. The number of sulfonamides is 2. The molecule has 0 heterocycles. The van der Waals surface area contributed by atoms with E-state index >= 15 is 0 Å². The Balaban J connectivity index is 3.94. The van der Waals surface area contributed by atoms with Crippen LogP contribution in [0.15, 0.2) is 0 Å². The van der Waals surface area contributed by atoms with Crippen LogP contribution in [0.25, 0.3) is 0 Å². The number of hydrogen-bond donors (Lipinski definition) is 2. The largest absolute Gasteiger partial charge is 0.277 e. The van der Waals surface area contributed by atoms with Crippen molar-refractivity contribution in [1.82, 2.24) is 9.44 Å². The van der Waals surface area contributed by atoms with E-state index in [9.17, 15) is 16.8 Å². The monoisotopic (exact) mass is 331 g/mol. The van der Waals surface area contributed by atoms with Crippen molar-refractivity contribution in [2.45, 2.75) is 26.2 Å². The minimum absolute atomic E-state index is 0.0457. The van der Waals surface area contributed by atoms with Gasteiger partial charge in [0.15, 0.2) is 0 Å². The summed E-state index contributed by atoms with van der Waals surface area (Å²) in [6.45, 7) is 1.50. The Morgan fingerprint density at radius 2 is 1.78 bits per heavy atom. The molecule has 0 aliphatic heterocycles. The molecule has 0 rings (SSSR count). The normalized spacial score (nSPS) is 11.8. The molecule has 0 aromatic rings. The van der Waals surface area contributed by atoms with Crippen LogP contribution in [0.4, 0.5) is 0 Å². The predicted molar refractivity (Wildman–Crippen MR) is 78.6 cm³/mol. The lowest BCUT2D eigenvalue weighted by Gasteiger charge is -2.07. The summed E-state index contributed by atoms with van der Waals surface area (Å²) < 4.78 is 48.8. The van der Waals surface area contributed by atoms with Crippen molar-refractivity contribution >= 4 is 55.0 Å². The molecule has 0 saturated carbocycles. The minimum atomic E-state index is -3.42. The van der Waals surface area contributed by atoms with E-state index in [1.54, 1.807) is 0 Å². The van der Waals surface area contributed by atoms with Crippen LogP contribution in [-0.4, -0.2) is 38.8 Å². The van der Waals surface area contributed by atoms with Crippen LogP contribution in [0.5, 0.6) is 0 Å². The van der Waals surface area contributed by atoms with Crippen LogP contribution in [-0.2, 0) is 20.0 Å². The summed E-state index contributed by atoms with van der Waals surface area (Å²) in [6, 6.07) is 0. The minimum Gasteiger partial charge on any atom is -0.277 e. The highest BCUT2D eigenvalue weighted by molar-refractivity contribution is 7.92. The fourth-order valence-corrected chi connectivity index (χ4v) is 3.30. The molecule has 0 amide bonds. The van der Waals surface area contributed by atoms with Crippen LogP contribution < -0.4 is 9.44 Å². The van der Waals surface area contributed by atoms with Crippen LogP contribution in [0, 0.1) is 0 Å². The molecule has 0 atom stereocenters. The van der Waals surface area contributed by atoms with Gasteiger partial charge in [0.2, 0.25) is 20.0 Å². The average Bonchev–Trinajstić information content (AvgIpc) is 2.24. The highest BCUT2D eigenvalue weighted by Gasteiger charge is 2.10. The summed E-state index contributed by atoms with van der Waals surface area (Å²) in [5, 5.41) is 0. The average molecular weight is 331 g/mol. The maximum atomic E-state index is 11.2. The van der Waals surface area contributed by atoms with E-state index in [1.165, 1.54) is 6.92 Å². The van der Waals surface area contributed by atoms with Crippen LogP contribution in [0.2, 0.25) is 0 Å². The second kappa shape index (κ2) is 7.97. The van der Waals surface area contributed by atoms with Gasteiger partial charge in [-0.2, -0.15) is 0 Å². The van der Waals surface area contributed by atoms with E-state index in [1.807, 2.05) is 10.2 Å². The summed E-state index contributed by atoms with van der Waals surface area (Å²) in [4.78, 5) is 0.198. The topological polar surface area (TPSA) is 92.3 Å². The molecule has 10 heteroatoms. The SMILES string of the molecule is CCS(=O)(=O)NC(=S)CCCCS(=O)(=O)N[C]=S. The van der Waals surface area contributed by atoms with Gasteiger partial charge in [0.1, 0.15) is 5.49 Å². The van der Waals surface area contributed by atoms with Crippen molar-refractivity contribution in [3.8, 4) is 0 Å². The zero-order valence-corrected chi connectivity index (χ0v) is 13.1. The van der Waals surface area contributed by atoms with Crippen LogP contribution in [0.3, 0.4) is 0 Å². The van der Waals surface area contributed by atoms with Crippen molar-refractivity contribution in [2.75, 3.05) is 11.5 Å². The second-order valence-electron chi connectivity index (χ2n) is 3.41. The number of nitrogens with one attached hydrogen (secondary N) is 2. The van der Waals surface area contributed by atoms with Gasteiger partial charge in [-0.3, -0.25) is 9.44 Å². The highest BCUT2D eigenvalue weighted by atomic mass is 32.2. The van der Waals surface area contributed by atoms with Gasteiger partial charge in [0.05, 0.1) is 16.5 Å². The van der Waals surface area contributed by atoms with E-state index in [-0.39, 0.29) is 16.5 Å². The molecular weight excluding hydrogens is 316 g/mol. The molecule has 0 fully saturated rings. The highest BCUT2D eigenvalue weighted by Crippen LogP contribution is 2.00. The molecule has 0 aliphatic carbocycles. The van der Waals surface area contributed by atoms with Gasteiger partial charge in [0.25, 0.3) is 0 Å². The molecule has 6 nitrogen and oxygen atoms in total. The van der Waals surface area contributed by atoms with Gasteiger partial charge in [-0.05, 0) is 26.2 Å². The van der Waals surface area contributed by atoms with E-state index in [4.69, 9.17) is 12.2 Å². The molecule has 0 bridgehead atoms. The van der Waals surface area contributed by atoms with E-state index in [0.717, 1.165) is 0 Å². The third kappa shape index (κ3) is 8.72. The maximum absolute atomic E-state index is 11.2. The molecule has 0 aromatic heterocycles.